The number of rotatable bonds is 9. The average molecular weight is 460 g/mol. The van der Waals surface area contributed by atoms with Crippen LogP contribution in [-0.4, -0.2) is 65.3 Å². The maximum absolute atomic E-state index is 12.9. The number of benzene rings is 1. The summed E-state index contributed by atoms with van der Waals surface area (Å²) in [6.45, 7) is 3.87. The summed E-state index contributed by atoms with van der Waals surface area (Å²) < 4.78 is 12.9. The topological polar surface area (TPSA) is 90.6 Å². The third-order valence-electron chi connectivity index (χ3n) is 4.82. The minimum absolute atomic E-state index is 0.157. The minimum atomic E-state index is -0.557. The van der Waals surface area contributed by atoms with Crippen LogP contribution in [0.15, 0.2) is 16.9 Å². The fourth-order valence-electron chi connectivity index (χ4n) is 2.85. The molecule has 166 valence electrons. The Morgan fingerprint density at radius 1 is 1.27 bits per heavy atom. The lowest BCUT2D eigenvalue weighted by atomic mass is 10.1. The maximum Gasteiger partial charge on any atom is 0.350 e. The predicted molar refractivity (Wildman–Crippen MR) is 117 cm³/mol. The van der Waals surface area contributed by atoms with Crippen LogP contribution in [0.25, 0.3) is 5.69 Å². The van der Waals surface area contributed by atoms with Gasteiger partial charge in [0.1, 0.15) is 11.9 Å². The summed E-state index contributed by atoms with van der Waals surface area (Å²) in [6.07, 6.45) is -0.0217. The van der Waals surface area contributed by atoms with Crippen molar-refractivity contribution in [3.8, 4) is 5.69 Å². The molecule has 0 aliphatic carbocycles. The summed E-state index contributed by atoms with van der Waals surface area (Å²) in [5.74, 6) is 0.379. The molecule has 2 rings (SSSR count). The van der Waals surface area contributed by atoms with E-state index in [-0.39, 0.29) is 23.2 Å². The van der Waals surface area contributed by atoms with Crippen LogP contribution >= 0.6 is 23.2 Å². The van der Waals surface area contributed by atoms with Crippen molar-refractivity contribution >= 4 is 34.8 Å². The molecule has 1 amide bonds. The zero-order valence-corrected chi connectivity index (χ0v) is 19.4. The highest BCUT2D eigenvalue weighted by atomic mass is 35.5. The first kappa shape index (κ1) is 24.2. The van der Waals surface area contributed by atoms with E-state index in [9.17, 15) is 9.59 Å². The summed E-state index contributed by atoms with van der Waals surface area (Å²) in [4.78, 5) is 26.9. The highest BCUT2D eigenvalue weighted by Crippen LogP contribution is 2.31. The number of aromatic nitrogens is 3. The number of methoxy groups -OCH3 is 2. The molecule has 0 aliphatic heterocycles. The van der Waals surface area contributed by atoms with Gasteiger partial charge in [-0.1, -0.05) is 30.1 Å². The number of likely N-dealkylation sites (N-methyl/N-ethyl adjacent to an activating group) is 1. The number of nitrogens with zero attached hydrogens (tertiary/aromatic N) is 4. The van der Waals surface area contributed by atoms with Gasteiger partial charge in [-0.15, -0.1) is 0 Å². The van der Waals surface area contributed by atoms with E-state index in [0.29, 0.717) is 28.6 Å². The van der Waals surface area contributed by atoms with Crippen molar-refractivity contribution in [2.24, 2.45) is 7.05 Å². The number of anilines is 1. The van der Waals surface area contributed by atoms with Crippen LogP contribution < -0.4 is 11.0 Å². The van der Waals surface area contributed by atoms with E-state index in [4.69, 9.17) is 32.7 Å². The molecule has 1 N–H and O–H groups in total. The zero-order valence-electron chi connectivity index (χ0n) is 17.9. The second kappa shape index (κ2) is 10.3. The van der Waals surface area contributed by atoms with E-state index in [1.165, 1.54) is 34.4 Å². The molecule has 0 aliphatic rings. The van der Waals surface area contributed by atoms with Crippen LogP contribution in [-0.2, 0) is 21.3 Å². The molecule has 1 aromatic heterocycles. The highest BCUT2D eigenvalue weighted by molar-refractivity contribution is 6.37. The lowest BCUT2D eigenvalue weighted by molar-refractivity contribution is -0.143. The van der Waals surface area contributed by atoms with Gasteiger partial charge in [0.2, 0.25) is 5.91 Å². The molecule has 9 nitrogen and oxygen atoms in total. The van der Waals surface area contributed by atoms with Crippen molar-refractivity contribution in [2.75, 3.05) is 33.1 Å². The van der Waals surface area contributed by atoms with Crippen LogP contribution in [0.5, 0.6) is 0 Å². The Morgan fingerprint density at radius 3 is 2.40 bits per heavy atom. The van der Waals surface area contributed by atoms with Gasteiger partial charge in [0.15, 0.2) is 6.29 Å². The Bertz CT molecular complexity index is 955. The highest BCUT2D eigenvalue weighted by Gasteiger charge is 2.24. The average Bonchev–Trinajstić information content (AvgIpc) is 2.97. The molecule has 0 spiro atoms. The van der Waals surface area contributed by atoms with Gasteiger partial charge in [-0.05, 0) is 25.5 Å². The van der Waals surface area contributed by atoms with Crippen LogP contribution in [0.2, 0.25) is 10.0 Å². The SMILES string of the molecule is CCC(Nc1cc(-n2nc(C)n(C)c2=O)c(Cl)cc1Cl)C(=O)N(C)CC(OC)OC. The summed E-state index contributed by atoms with van der Waals surface area (Å²) in [6, 6.07) is 2.57. The van der Waals surface area contributed by atoms with E-state index in [1.54, 1.807) is 27.1 Å². The standard InChI is InChI=1S/C19H27Cl2N5O4/c1-7-14(18(27)24(3)10-17(29-5)30-6)22-15-9-16(13(21)8-12(15)20)26-19(28)25(4)11(2)23-26/h8-9,14,17,22H,7,10H2,1-6H3. The van der Waals surface area contributed by atoms with Gasteiger partial charge in [-0.2, -0.15) is 9.78 Å². The number of hydrogen-bond acceptors (Lipinski definition) is 6. The molecule has 1 heterocycles. The Labute approximate surface area is 185 Å². The van der Waals surface area contributed by atoms with Crippen molar-refractivity contribution < 1.29 is 14.3 Å². The normalized spacial score (nSPS) is 12.3. The van der Waals surface area contributed by atoms with Gasteiger partial charge < -0.3 is 19.7 Å². The number of carbonyl (C=O) groups excluding carboxylic acids is 1. The second-order valence-electron chi connectivity index (χ2n) is 6.81. The van der Waals surface area contributed by atoms with Gasteiger partial charge in [0.05, 0.1) is 28.0 Å². The molecule has 0 radical (unpaired) electrons. The Hall–Kier alpha value is -2.07. The van der Waals surface area contributed by atoms with Crippen LogP contribution in [0.3, 0.4) is 0 Å². The number of aryl methyl sites for hydroxylation is 1. The molecule has 0 fully saturated rings. The first-order chi connectivity index (χ1) is 14.1. The molecule has 0 saturated carbocycles. The molecule has 30 heavy (non-hydrogen) atoms. The monoisotopic (exact) mass is 459 g/mol. The van der Waals surface area contributed by atoms with Gasteiger partial charge in [-0.3, -0.25) is 9.36 Å². The lowest BCUT2D eigenvalue weighted by Crippen LogP contribution is -2.44. The number of carbonyl (C=O) groups is 1. The third-order valence-corrected chi connectivity index (χ3v) is 5.44. The summed E-state index contributed by atoms with van der Waals surface area (Å²) >= 11 is 12.7. The first-order valence-electron chi connectivity index (χ1n) is 9.33. The fraction of sp³-hybridized carbons (Fsp3) is 0.526. The smallest absolute Gasteiger partial charge is 0.350 e. The zero-order chi connectivity index (χ0) is 22.6. The van der Waals surface area contributed by atoms with Gasteiger partial charge >= 0.3 is 5.69 Å². The number of halogens is 2. The van der Waals surface area contributed by atoms with Gasteiger partial charge in [0.25, 0.3) is 0 Å². The van der Waals surface area contributed by atoms with Gasteiger partial charge in [-0.25, -0.2) is 4.79 Å². The Balaban J connectivity index is 2.33. The lowest BCUT2D eigenvalue weighted by Gasteiger charge is -2.27. The van der Waals surface area contributed by atoms with E-state index in [1.807, 2.05) is 6.92 Å². The molecule has 0 saturated heterocycles. The van der Waals surface area contributed by atoms with Crippen molar-refractivity contribution in [2.45, 2.75) is 32.6 Å². The van der Waals surface area contributed by atoms with E-state index in [2.05, 4.69) is 10.4 Å². The third kappa shape index (κ3) is 5.15. The van der Waals surface area contributed by atoms with E-state index < -0.39 is 12.3 Å². The predicted octanol–water partition coefficient (Wildman–Crippen LogP) is 2.45. The Morgan fingerprint density at radius 2 is 1.90 bits per heavy atom. The summed E-state index contributed by atoms with van der Waals surface area (Å²) in [7, 11) is 6.32. The van der Waals surface area contributed by atoms with Crippen molar-refractivity contribution in [1.29, 1.82) is 0 Å². The summed E-state index contributed by atoms with van der Waals surface area (Å²) in [5.41, 5.74) is 0.498. The number of ether oxygens (including phenoxy) is 2. The number of amides is 1. The van der Waals surface area contributed by atoms with Crippen LogP contribution in [0, 0.1) is 6.92 Å². The first-order valence-corrected chi connectivity index (χ1v) is 10.1. The van der Waals surface area contributed by atoms with Crippen LogP contribution in [0.1, 0.15) is 19.2 Å². The molecule has 11 heteroatoms. The fourth-order valence-corrected chi connectivity index (χ4v) is 3.37. The summed E-state index contributed by atoms with van der Waals surface area (Å²) in [5, 5.41) is 7.98. The van der Waals surface area contributed by atoms with Gasteiger partial charge in [0, 0.05) is 28.3 Å². The van der Waals surface area contributed by atoms with E-state index in [0.717, 1.165) is 0 Å². The minimum Gasteiger partial charge on any atom is -0.372 e. The number of hydrogen-bond donors (Lipinski definition) is 1. The molecular formula is C19H27Cl2N5O4. The van der Waals surface area contributed by atoms with Crippen LogP contribution in [0.4, 0.5) is 5.69 Å². The molecular weight excluding hydrogens is 433 g/mol. The van der Waals surface area contributed by atoms with Crippen molar-refractivity contribution in [1.82, 2.24) is 19.2 Å². The maximum atomic E-state index is 12.9. The van der Waals surface area contributed by atoms with Crippen molar-refractivity contribution in [3.05, 3.63) is 38.5 Å². The molecule has 2 aromatic rings. The van der Waals surface area contributed by atoms with E-state index >= 15 is 0 Å². The molecule has 1 unspecified atom stereocenters. The largest absolute Gasteiger partial charge is 0.372 e. The van der Waals surface area contributed by atoms with Crippen molar-refractivity contribution in [3.63, 3.8) is 0 Å². The molecule has 1 atom stereocenters. The molecule has 1 aromatic carbocycles. The molecule has 0 bridgehead atoms. The second-order valence-corrected chi connectivity index (χ2v) is 7.62. The number of nitrogens with one attached hydrogen (secondary N) is 1. The Kier molecular flexibility index (Phi) is 8.31. The quantitative estimate of drug-likeness (QED) is 0.579.